The topological polar surface area (TPSA) is 103 Å². The first-order chi connectivity index (χ1) is 17.1. The van der Waals surface area contributed by atoms with Crippen LogP contribution >= 0.6 is 11.3 Å². The molecule has 3 heterocycles. The van der Waals surface area contributed by atoms with Crippen molar-refractivity contribution >= 4 is 33.2 Å². The molecule has 0 radical (unpaired) electrons. The SMILES string of the molecule is COC(=O)c1nc(NC[C@@H](N)[C@@H](C)c2ccc(C(F)(F)F)nc2)sc1-c1ccc2cnc(F)cc2c1. The zero-order valence-electron chi connectivity index (χ0n) is 19.1. The first-order valence-corrected chi connectivity index (χ1v) is 11.6. The van der Waals surface area contributed by atoms with Gasteiger partial charge in [-0.1, -0.05) is 36.5 Å². The number of nitrogens with zero attached hydrogens (tertiary/aromatic N) is 3. The number of methoxy groups -OCH3 is 1. The Morgan fingerprint density at radius 2 is 1.92 bits per heavy atom. The highest BCUT2D eigenvalue weighted by Crippen LogP contribution is 2.35. The number of hydrogen-bond acceptors (Lipinski definition) is 8. The molecule has 36 heavy (non-hydrogen) atoms. The molecule has 0 saturated carbocycles. The van der Waals surface area contributed by atoms with E-state index in [1.54, 1.807) is 25.1 Å². The number of halogens is 4. The summed E-state index contributed by atoms with van der Waals surface area (Å²) in [5.41, 5.74) is 6.60. The molecule has 3 aromatic heterocycles. The van der Waals surface area contributed by atoms with Gasteiger partial charge in [0.15, 0.2) is 10.8 Å². The van der Waals surface area contributed by atoms with Crippen LogP contribution in [0.15, 0.2) is 48.8 Å². The predicted molar refractivity (Wildman–Crippen MR) is 128 cm³/mol. The summed E-state index contributed by atoms with van der Waals surface area (Å²) in [6, 6.07) is 8.36. The number of nitrogens with two attached hydrogens (primary N) is 1. The van der Waals surface area contributed by atoms with E-state index in [4.69, 9.17) is 10.5 Å². The third kappa shape index (κ3) is 5.44. The fourth-order valence-electron chi connectivity index (χ4n) is 3.55. The molecular weight excluding hydrogens is 498 g/mol. The summed E-state index contributed by atoms with van der Waals surface area (Å²) >= 11 is 1.20. The molecule has 4 aromatic rings. The van der Waals surface area contributed by atoms with Gasteiger partial charge in [-0.15, -0.1) is 0 Å². The van der Waals surface area contributed by atoms with Gasteiger partial charge in [0.25, 0.3) is 0 Å². The number of hydrogen-bond donors (Lipinski definition) is 2. The number of aromatic nitrogens is 3. The van der Waals surface area contributed by atoms with Crippen molar-refractivity contribution in [2.24, 2.45) is 5.73 Å². The second-order valence-corrected chi connectivity index (χ2v) is 9.06. The zero-order chi connectivity index (χ0) is 26.0. The van der Waals surface area contributed by atoms with E-state index in [1.807, 2.05) is 0 Å². The van der Waals surface area contributed by atoms with Crippen LogP contribution in [0.4, 0.5) is 22.7 Å². The second kappa shape index (κ2) is 10.2. The maximum absolute atomic E-state index is 13.6. The fraction of sp³-hybridized carbons (Fsp3) is 0.250. The number of alkyl halides is 3. The van der Waals surface area contributed by atoms with Crippen molar-refractivity contribution in [3.63, 3.8) is 0 Å². The van der Waals surface area contributed by atoms with E-state index >= 15 is 0 Å². The van der Waals surface area contributed by atoms with E-state index in [9.17, 15) is 22.4 Å². The Hall–Kier alpha value is -3.64. The highest BCUT2D eigenvalue weighted by molar-refractivity contribution is 7.19. The maximum Gasteiger partial charge on any atom is 0.433 e. The Kier molecular flexibility index (Phi) is 7.18. The van der Waals surface area contributed by atoms with Gasteiger partial charge in [-0.05, 0) is 34.6 Å². The largest absolute Gasteiger partial charge is 0.464 e. The van der Waals surface area contributed by atoms with Crippen molar-refractivity contribution in [3.05, 3.63) is 71.7 Å². The number of benzene rings is 1. The number of esters is 1. The Morgan fingerprint density at radius 3 is 2.58 bits per heavy atom. The van der Waals surface area contributed by atoms with E-state index < -0.39 is 29.8 Å². The number of carbonyl (C=O) groups is 1. The van der Waals surface area contributed by atoms with Crippen LogP contribution < -0.4 is 11.1 Å². The summed E-state index contributed by atoms with van der Waals surface area (Å²) in [5.74, 6) is -1.56. The van der Waals surface area contributed by atoms with Gasteiger partial charge < -0.3 is 15.8 Å². The average Bonchev–Trinajstić information content (AvgIpc) is 3.29. The minimum absolute atomic E-state index is 0.0902. The highest BCUT2D eigenvalue weighted by atomic mass is 32.1. The van der Waals surface area contributed by atoms with Gasteiger partial charge in [-0.2, -0.15) is 17.6 Å². The number of fused-ring (bicyclic) bond motifs is 1. The van der Waals surface area contributed by atoms with Crippen LogP contribution in [0.2, 0.25) is 0 Å². The van der Waals surface area contributed by atoms with Gasteiger partial charge >= 0.3 is 12.1 Å². The highest BCUT2D eigenvalue weighted by Gasteiger charge is 2.32. The first kappa shape index (κ1) is 25.5. The summed E-state index contributed by atoms with van der Waals surface area (Å²) < 4.78 is 56.8. The van der Waals surface area contributed by atoms with Gasteiger partial charge in [0.2, 0.25) is 5.95 Å². The predicted octanol–water partition coefficient (Wildman–Crippen LogP) is 5.24. The van der Waals surface area contributed by atoms with Crippen molar-refractivity contribution in [2.75, 3.05) is 19.0 Å². The normalized spacial score (nSPS) is 13.4. The third-order valence-corrected chi connectivity index (χ3v) is 6.75. The molecule has 0 aliphatic carbocycles. The van der Waals surface area contributed by atoms with Crippen LogP contribution in [0.5, 0.6) is 0 Å². The molecule has 1 aromatic carbocycles. The van der Waals surface area contributed by atoms with Crippen molar-refractivity contribution in [2.45, 2.75) is 25.1 Å². The van der Waals surface area contributed by atoms with Crippen molar-refractivity contribution in [3.8, 4) is 10.4 Å². The lowest BCUT2D eigenvalue weighted by Crippen LogP contribution is -2.34. The minimum Gasteiger partial charge on any atom is -0.464 e. The van der Waals surface area contributed by atoms with Crippen LogP contribution in [0.25, 0.3) is 21.2 Å². The smallest absolute Gasteiger partial charge is 0.433 e. The molecule has 4 rings (SSSR count). The van der Waals surface area contributed by atoms with Crippen LogP contribution in [0, 0.1) is 5.95 Å². The number of anilines is 1. The number of carbonyl (C=O) groups excluding carboxylic acids is 1. The van der Waals surface area contributed by atoms with Crippen LogP contribution in [0.1, 0.15) is 34.6 Å². The molecule has 0 unspecified atom stereocenters. The number of pyridine rings is 2. The summed E-state index contributed by atoms with van der Waals surface area (Å²) in [7, 11) is 1.25. The van der Waals surface area contributed by atoms with E-state index in [0.29, 0.717) is 26.5 Å². The van der Waals surface area contributed by atoms with Crippen LogP contribution in [-0.4, -0.2) is 40.6 Å². The Balaban J connectivity index is 1.53. The van der Waals surface area contributed by atoms with Crippen LogP contribution in [-0.2, 0) is 10.9 Å². The van der Waals surface area contributed by atoms with Gasteiger partial charge in [-0.25, -0.2) is 14.8 Å². The average molecular weight is 520 g/mol. The van der Waals surface area contributed by atoms with Crippen molar-refractivity contribution in [1.29, 1.82) is 0 Å². The molecule has 0 amide bonds. The quantitative estimate of drug-likeness (QED) is 0.196. The minimum atomic E-state index is -4.51. The standard InChI is InChI=1S/C24H21F4N5O2S/c1-12(14-5-6-18(30-9-14)24(26,27)28)17(29)11-32-23-33-20(22(34)35-2)21(36-23)13-3-4-15-10-31-19(25)8-16(15)7-13/h3-10,12,17H,11,29H2,1-2H3,(H,32,33)/t12-,17+/m0/s1. The molecular formula is C24H21F4N5O2S. The van der Waals surface area contributed by atoms with Crippen molar-refractivity contribution < 1.29 is 27.1 Å². The lowest BCUT2D eigenvalue weighted by molar-refractivity contribution is -0.141. The molecule has 0 saturated heterocycles. The summed E-state index contributed by atoms with van der Waals surface area (Å²) in [4.78, 5) is 24.4. The molecule has 12 heteroatoms. The number of thiazole rings is 1. The Morgan fingerprint density at radius 1 is 1.14 bits per heavy atom. The molecule has 2 atom stereocenters. The fourth-order valence-corrected chi connectivity index (χ4v) is 4.51. The first-order valence-electron chi connectivity index (χ1n) is 10.7. The molecule has 188 valence electrons. The number of nitrogens with one attached hydrogen (secondary N) is 1. The van der Waals surface area contributed by atoms with E-state index in [0.717, 1.165) is 11.5 Å². The van der Waals surface area contributed by atoms with Crippen molar-refractivity contribution in [1.82, 2.24) is 15.0 Å². The lowest BCUT2D eigenvalue weighted by atomic mass is 9.95. The molecule has 0 bridgehead atoms. The Labute approximate surface area is 207 Å². The van der Waals surface area contributed by atoms with E-state index in [2.05, 4.69) is 20.3 Å². The van der Waals surface area contributed by atoms with Gasteiger partial charge in [0, 0.05) is 36.4 Å². The van der Waals surface area contributed by atoms with Gasteiger partial charge in [0.1, 0.15) is 5.69 Å². The lowest BCUT2D eigenvalue weighted by Gasteiger charge is -2.20. The van der Waals surface area contributed by atoms with E-state index in [1.165, 1.54) is 43.0 Å². The molecule has 0 aliphatic heterocycles. The van der Waals surface area contributed by atoms with Crippen LogP contribution in [0.3, 0.4) is 0 Å². The number of ether oxygens (including phenoxy) is 1. The maximum atomic E-state index is 13.6. The Bertz CT molecular complexity index is 1390. The molecule has 0 fully saturated rings. The molecule has 0 spiro atoms. The number of rotatable bonds is 7. The zero-order valence-corrected chi connectivity index (χ0v) is 20.0. The van der Waals surface area contributed by atoms with Gasteiger partial charge in [0.05, 0.1) is 12.0 Å². The van der Waals surface area contributed by atoms with E-state index in [-0.39, 0.29) is 18.2 Å². The molecule has 7 nitrogen and oxygen atoms in total. The third-order valence-electron chi connectivity index (χ3n) is 5.69. The summed E-state index contributed by atoms with van der Waals surface area (Å²) in [5, 5.41) is 4.84. The summed E-state index contributed by atoms with van der Waals surface area (Å²) in [6.07, 6.45) is -1.92. The molecule has 3 N–H and O–H groups in total. The molecule has 0 aliphatic rings. The van der Waals surface area contributed by atoms with Gasteiger partial charge in [-0.3, -0.25) is 4.98 Å². The summed E-state index contributed by atoms with van der Waals surface area (Å²) in [6.45, 7) is 2.01. The second-order valence-electron chi connectivity index (χ2n) is 8.07. The monoisotopic (exact) mass is 519 g/mol.